The second-order valence-electron chi connectivity index (χ2n) is 9.38. The summed E-state index contributed by atoms with van der Waals surface area (Å²) in [5.41, 5.74) is 1.48. The van der Waals surface area contributed by atoms with Crippen LogP contribution in [0.25, 0.3) is 0 Å². The Bertz CT molecular complexity index is 1220. The van der Waals surface area contributed by atoms with Gasteiger partial charge in [-0.2, -0.15) is 0 Å². The highest BCUT2D eigenvalue weighted by atomic mass is 127. The van der Waals surface area contributed by atoms with E-state index >= 15 is 0 Å². The number of rotatable bonds is 8. The van der Waals surface area contributed by atoms with Crippen LogP contribution in [0.15, 0.2) is 54.6 Å². The highest BCUT2D eigenvalue weighted by molar-refractivity contribution is 14.1. The first-order chi connectivity index (χ1) is 16.6. The number of β-amino-alcohol motifs (C(OH)–C–C–N with tert-alkyl or cyclic N) is 1. The number of unbranched alkanes of at least 4 members (excludes halogenated alkanes) is 1. The molecular weight excluding hydrogens is 566 g/mol. The largest absolute Gasteiger partial charge is 0.386 e. The molecule has 3 aromatic carbocycles. The summed E-state index contributed by atoms with van der Waals surface area (Å²) in [7, 11) is 0. The molecule has 1 heterocycles. The topological polar surface area (TPSA) is 40.5 Å². The predicted molar refractivity (Wildman–Crippen MR) is 138 cm³/mol. The molecular formula is C28H27F3INO2. The molecule has 1 amide bonds. The second-order valence-corrected chi connectivity index (χ2v) is 10.6. The first-order valence-electron chi connectivity index (χ1n) is 11.6. The number of hydrogen-bond donors (Lipinski definition) is 1. The maximum Gasteiger partial charge on any atom is 0.254 e. The van der Waals surface area contributed by atoms with Gasteiger partial charge in [0.1, 0.15) is 5.82 Å². The lowest BCUT2D eigenvalue weighted by Gasteiger charge is -2.47. The summed E-state index contributed by atoms with van der Waals surface area (Å²) in [5, 5.41) is 10.8. The molecule has 3 aromatic rings. The molecule has 184 valence electrons. The van der Waals surface area contributed by atoms with E-state index in [-0.39, 0.29) is 36.2 Å². The highest BCUT2D eigenvalue weighted by Gasteiger charge is 2.43. The van der Waals surface area contributed by atoms with E-state index in [1.807, 2.05) is 29.5 Å². The number of carbonyl (C=O) groups is 1. The highest BCUT2D eigenvalue weighted by Crippen LogP contribution is 2.31. The van der Waals surface area contributed by atoms with Gasteiger partial charge in [-0.1, -0.05) is 42.3 Å². The fourth-order valence-electron chi connectivity index (χ4n) is 4.50. The number of nitrogens with zero attached hydrogens (tertiary/aromatic N) is 1. The van der Waals surface area contributed by atoms with Gasteiger partial charge in [0.25, 0.3) is 5.91 Å². The molecule has 0 radical (unpaired) electrons. The number of aliphatic hydroxyl groups is 1. The molecule has 0 saturated carbocycles. The third-order valence-corrected chi connectivity index (χ3v) is 7.22. The minimum absolute atomic E-state index is 0.0109. The normalized spacial score (nSPS) is 14.6. The number of halogens is 4. The molecule has 0 unspecified atom stereocenters. The number of benzene rings is 3. The Labute approximate surface area is 217 Å². The fourth-order valence-corrected chi connectivity index (χ4v) is 4.95. The molecule has 0 spiro atoms. The second kappa shape index (κ2) is 10.7. The van der Waals surface area contributed by atoms with Crippen LogP contribution >= 0.6 is 22.6 Å². The quantitative estimate of drug-likeness (QED) is 0.250. The Kier molecular flexibility index (Phi) is 7.86. The van der Waals surface area contributed by atoms with Gasteiger partial charge in [0, 0.05) is 21.1 Å². The Morgan fingerprint density at radius 3 is 2.40 bits per heavy atom. The lowest BCUT2D eigenvalue weighted by atomic mass is 9.86. The Morgan fingerprint density at radius 2 is 1.71 bits per heavy atom. The van der Waals surface area contributed by atoms with Gasteiger partial charge in [-0.3, -0.25) is 4.79 Å². The first kappa shape index (κ1) is 25.7. The van der Waals surface area contributed by atoms with Crippen molar-refractivity contribution in [2.24, 2.45) is 0 Å². The van der Waals surface area contributed by atoms with Crippen LogP contribution in [0.3, 0.4) is 0 Å². The smallest absolute Gasteiger partial charge is 0.254 e. The van der Waals surface area contributed by atoms with Crippen LogP contribution in [0.2, 0.25) is 0 Å². The van der Waals surface area contributed by atoms with E-state index in [2.05, 4.69) is 24.3 Å². The van der Waals surface area contributed by atoms with Gasteiger partial charge in [0.2, 0.25) is 0 Å². The van der Waals surface area contributed by atoms with Gasteiger partial charge in [0.15, 0.2) is 11.6 Å². The van der Waals surface area contributed by atoms with E-state index in [1.54, 1.807) is 6.07 Å². The average molecular weight is 593 g/mol. The van der Waals surface area contributed by atoms with Gasteiger partial charge in [-0.05, 0) is 84.2 Å². The van der Waals surface area contributed by atoms with Gasteiger partial charge in [0.05, 0.1) is 18.7 Å². The Balaban J connectivity index is 1.38. The van der Waals surface area contributed by atoms with Crippen molar-refractivity contribution >= 4 is 28.5 Å². The molecule has 35 heavy (non-hydrogen) atoms. The SMILES string of the molecule is Cc1ccc(CCCCC2(O)CN(C(=O)c3ccc(F)c(F)c3Cc3ccc(I)cc3F)C2)cc1. The van der Waals surface area contributed by atoms with Crippen molar-refractivity contribution in [1.82, 2.24) is 4.90 Å². The van der Waals surface area contributed by atoms with E-state index < -0.39 is 29.0 Å². The van der Waals surface area contributed by atoms with Crippen molar-refractivity contribution < 1.29 is 23.1 Å². The van der Waals surface area contributed by atoms with Crippen molar-refractivity contribution in [3.8, 4) is 0 Å². The van der Waals surface area contributed by atoms with E-state index in [9.17, 15) is 23.1 Å². The average Bonchev–Trinajstić information content (AvgIpc) is 2.80. The van der Waals surface area contributed by atoms with Crippen molar-refractivity contribution in [1.29, 1.82) is 0 Å². The molecule has 0 aliphatic carbocycles. The number of carbonyl (C=O) groups excluding carboxylic acids is 1. The van der Waals surface area contributed by atoms with E-state index in [4.69, 9.17) is 0 Å². The number of likely N-dealkylation sites (tertiary alicyclic amines) is 1. The summed E-state index contributed by atoms with van der Waals surface area (Å²) in [6, 6.07) is 15.0. The van der Waals surface area contributed by atoms with Crippen molar-refractivity contribution in [3.63, 3.8) is 0 Å². The van der Waals surface area contributed by atoms with Gasteiger partial charge >= 0.3 is 0 Å². The lowest BCUT2D eigenvalue weighted by molar-refractivity contribution is -0.0869. The van der Waals surface area contributed by atoms with E-state index in [0.717, 1.165) is 25.3 Å². The standard InChI is InChI=1S/C28H27F3INO2/c1-18-5-7-19(8-6-18)4-2-3-13-28(35)16-33(17-28)27(34)22-11-12-24(29)26(31)23(22)14-20-9-10-21(32)15-25(20)30/h5-12,15,35H,2-4,13-14,16-17H2,1H3. The maximum atomic E-state index is 14.7. The predicted octanol–water partition coefficient (Wildman–Crippen LogP) is 6.21. The molecule has 3 nitrogen and oxygen atoms in total. The zero-order valence-electron chi connectivity index (χ0n) is 19.5. The fraction of sp³-hybridized carbons (Fsp3) is 0.321. The summed E-state index contributed by atoms with van der Waals surface area (Å²) in [5.74, 6) is -3.27. The molecule has 4 rings (SSSR count). The third-order valence-electron chi connectivity index (χ3n) is 6.54. The summed E-state index contributed by atoms with van der Waals surface area (Å²) in [4.78, 5) is 14.5. The molecule has 1 fully saturated rings. The van der Waals surface area contributed by atoms with Crippen LogP contribution in [0.4, 0.5) is 13.2 Å². The zero-order valence-corrected chi connectivity index (χ0v) is 21.6. The Hall–Kier alpha value is -2.39. The zero-order chi connectivity index (χ0) is 25.2. The van der Waals surface area contributed by atoms with Gasteiger partial charge in [-0.15, -0.1) is 0 Å². The van der Waals surface area contributed by atoms with E-state index in [0.29, 0.717) is 9.99 Å². The van der Waals surface area contributed by atoms with Crippen molar-refractivity contribution in [2.75, 3.05) is 13.1 Å². The van der Waals surface area contributed by atoms with Crippen LogP contribution in [0.5, 0.6) is 0 Å². The third kappa shape index (κ3) is 6.06. The first-order valence-corrected chi connectivity index (χ1v) is 12.7. The molecule has 1 aliphatic heterocycles. The van der Waals surface area contributed by atoms with Crippen molar-refractivity contribution in [2.45, 2.75) is 44.6 Å². The molecule has 0 aromatic heterocycles. The van der Waals surface area contributed by atoms with E-state index in [1.165, 1.54) is 34.2 Å². The van der Waals surface area contributed by atoms with Crippen LogP contribution < -0.4 is 0 Å². The number of amides is 1. The van der Waals surface area contributed by atoms with Crippen LogP contribution in [0, 0.1) is 27.9 Å². The van der Waals surface area contributed by atoms with Crippen LogP contribution in [-0.2, 0) is 12.8 Å². The molecule has 0 bridgehead atoms. The van der Waals surface area contributed by atoms with Gasteiger partial charge < -0.3 is 10.0 Å². The summed E-state index contributed by atoms with van der Waals surface area (Å²) in [6.45, 7) is 2.31. The molecule has 1 aliphatic rings. The minimum Gasteiger partial charge on any atom is -0.386 e. The van der Waals surface area contributed by atoms with Crippen LogP contribution in [0.1, 0.15) is 51.9 Å². The number of hydrogen-bond acceptors (Lipinski definition) is 2. The molecule has 1 N–H and O–H groups in total. The monoisotopic (exact) mass is 593 g/mol. The Morgan fingerprint density at radius 1 is 1.00 bits per heavy atom. The number of aryl methyl sites for hydroxylation is 2. The van der Waals surface area contributed by atoms with Gasteiger partial charge in [-0.25, -0.2) is 13.2 Å². The van der Waals surface area contributed by atoms with Crippen molar-refractivity contribution in [3.05, 3.63) is 103 Å². The summed E-state index contributed by atoms with van der Waals surface area (Å²) < 4.78 is 43.7. The summed E-state index contributed by atoms with van der Waals surface area (Å²) >= 11 is 1.96. The van der Waals surface area contributed by atoms with Crippen LogP contribution in [-0.4, -0.2) is 34.6 Å². The molecule has 7 heteroatoms. The molecule has 0 atom stereocenters. The minimum atomic E-state index is -1.15. The molecule has 1 saturated heterocycles. The summed E-state index contributed by atoms with van der Waals surface area (Å²) in [6.07, 6.45) is 2.97. The maximum absolute atomic E-state index is 14.7. The lowest BCUT2D eigenvalue weighted by Crippen LogP contribution is -2.63.